The highest BCUT2D eigenvalue weighted by Gasteiger charge is 2.43. The second-order valence-corrected chi connectivity index (χ2v) is 8.15. The van der Waals surface area contributed by atoms with E-state index in [0.717, 1.165) is 25.7 Å². The van der Waals surface area contributed by atoms with Gasteiger partial charge in [0.25, 0.3) is 5.78 Å². The molecule has 2 fully saturated rings. The Balaban J connectivity index is 1.82. The van der Waals surface area contributed by atoms with E-state index in [4.69, 9.17) is 23.2 Å². The van der Waals surface area contributed by atoms with Crippen LogP contribution in [0.5, 0.6) is 0 Å². The van der Waals surface area contributed by atoms with Crippen LogP contribution in [-0.2, 0) is 0 Å². The fourth-order valence-corrected chi connectivity index (χ4v) is 5.16. The maximum Gasteiger partial charge on any atom is 0.255 e. The molecule has 2 bridgehead atoms. The van der Waals surface area contributed by atoms with Crippen molar-refractivity contribution in [3.8, 4) is 11.1 Å². The Labute approximate surface area is 168 Å². The lowest BCUT2D eigenvalue weighted by molar-refractivity contribution is 0.467. The quantitative estimate of drug-likeness (QED) is 0.442. The summed E-state index contributed by atoms with van der Waals surface area (Å²) < 4.78 is 44.3. The van der Waals surface area contributed by atoms with Gasteiger partial charge in [-0.25, -0.2) is 13.2 Å². The Morgan fingerprint density at radius 3 is 2.29 bits per heavy atom. The van der Waals surface area contributed by atoms with Crippen molar-refractivity contribution >= 4 is 34.8 Å². The molecule has 2 aliphatic heterocycles. The lowest BCUT2D eigenvalue weighted by atomic mass is 9.99. The van der Waals surface area contributed by atoms with Crippen molar-refractivity contribution in [2.75, 3.05) is 4.90 Å². The Morgan fingerprint density at radius 2 is 1.64 bits per heavy atom. The molecule has 4 heterocycles. The summed E-state index contributed by atoms with van der Waals surface area (Å²) in [7, 11) is 0. The van der Waals surface area contributed by atoms with E-state index in [2.05, 4.69) is 20.0 Å². The van der Waals surface area contributed by atoms with Crippen LogP contribution in [0, 0.1) is 17.5 Å². The topological polar surface area (TPSA) is 46.3 Å². The van der Waals surface area contributed by atoms with Gasteiger partial charge in [-0.1, -0.05) is 11.6 Å². The fraction of sp³-hybridized carbons (Fsp3) is 0.389. The molecule has 0 radical (unpaired) electrons. The van der Waals surface area contributed by atoms with Gasteiger partial charge in [0.05, 0.1) is 11.1 Å². The van der Waals surface area contributed by atoms with Crippen LogP contribution in [0.1, 0.15) is 25.7 Å². The van der Waals surface area contributed by atoms with Crippen molar-refractivity contribution in [1.29, 1.82) is 0 Å². The first-order valence-corrected chi connectivity index (χ1v) is 9.72. The van der Waals surface area contributed by atoms with Gasteiger partial charge in [-0.15, -0.1) is 11.6 Å². The molecule has 0 saturated carbocycles. The number of piperidine rings is 1. The van der Waals surface area contributed by atoms with Crippen molar-refractivity contribution < 1.29 is 13.2 Å². The minimum Gasteiger partial charge on any atom is -0.350 e. The standard InChI is InChI=1S/C18H14Cl2F3N5/c19-8-3-10-1-2-11(4-8)27(10)17-15(14-12(22)5-9(21)6-13(14)23)16(20)26-18-24-7-25-28(17)18/h5-8,10-11H,1-4H2. The number of aromatic nitrogens is 4. The molecule has 0 amide bonds. The molecule has 2 unspecified atom stereocenters. The van der Waals surface area contributed by atoms with E-state index in [0.29, 0.717) is 18.0 Å². The molecule has 28 heavy (non-hydrogen) atoms. The van der Waals surface area contributed by atoms with Crippen molar-refractivity contribution in [2.24, 2.45) is 0 Å². The number of benzene rings is 1. The molecule has 2 atom stereocenters. The molecule has 0 spiro atoms. The van der Waals surface area contributed by atoms with E-state index >= 15 is 0 Å². The van der Waals surface area contributed by atoms with E-state index < -0.39 is 23.0 Å². The van der Waals surface area contributed by atoms with Gasteiger partial charge >= 0.3 is 0 Å². The van der Waals surface area contributed by atoms with Gasteiger partial charge in [0.15, 0.2) is 0 Å². The third kappa shape index (κ3) is 2.65. The molecular weight excluding hydrogens is 414 g/mol. The van der Waals surface area contributed by atoms with Crippen LogP contribution in [0.15, 0.2) is 18.5 Å². The van der Waals surface area contributed by atoms with E-state index in [1.165, 1.54) is 10.8 Å². The zero-order valence-electron chi connectivity index (χ0n) is 14.4. The third-order valence-electron chi connectivity index (χ3n) is 5.54. The number of halogens is 5. The summed E-state index contributed by atoms with van der Waals surface area (Å²) in [6.45, 7) is 0. The second kappa shape index (κ2) is 6.49. The van der Waals surface area contributed by atoms with Crippen LogP contribution in [0.2, 0.25) is 5.15 Å². The summed E-state index contributed by atoms with van der Waals surface area (Å²) in [6.07, 6.45) is 4.58. The number of hydrogen-bond acceptors (Lipinski definition) is 4. The third-order valence-corrected chi connectivity index (χ3v) is 6.17. The molecule has 5 nitrogen and oxygen atoms in total. The highest BCUT2D eigenvalue weighted by atomic mass is 35.5. The summed E-state index contributed by atoms with van der Waals surface area (Å²) in [6, 6.07) is 1.42. The Hall–Kier alpha value is -2.06. The molecule has 146 valence electrons. The van der Waals surface area contributed by atoms with Crippen molar-refractivity contribution in [1.82, 2.24) is 19.6 Å². The van der Waals surface area contributed by atoms with Gasteiger partial charge in [-0.2, -0.15) is 19.6 Å². The first-order valence-electron chi connectivity index (χ1n) is 8.90. The molecule has 0 N–H and O–H groups in total. The molecule has 10 heteroatoms. The van der Waals surface area contributed by atoms with E-state index in [1.54, 1.807) is 0 Å². The summed E-state index contributed by atoms with van der Waals surface area (Å²) >= 11 is 12.8. The summed E-state index contributed by atoms with van der Waals surface area (Å²) in [5.41, 5.74) is -0.390. The zero-order chi connectivity index (χ0) is 19.6. The first kappa shape index (κ1) is 18.0. The maximum absolute atomic E-state index is 14.7. The minimum absolute atomic E-state index is 0.0413. The van der Waals surface area contributed by atoms with E-state index in [9.17, 15) is 13.2 Å². The van der Waals surface area contributed by atoms with Gasteiger partial charge in [0, 0.05) is 29.6 Å². The van der Waals surface area contributed by atoms with Crippen LogP contribution in [0.4, 0.5) is 19.0 Å². The number of alkyl halides is 1. The van der Waals surface area contributed by atoms with Gasteiger partial charge in [-0.3, -0.25) is 0 Å². The number of rotatable bonds is 2. The highest BCUT2D eigenvalue weighted by molar-refractivity contribution is 6.33. The number of fused-ring (bicyclic) bond motifs is 3. The fourth-order valence-electron chi connectivity index (χ4n) is 4.49. The Bertz CT molecular complexity index is 1050. The van der Waals surface area contributed by atoms with Gasteiger partial charge in [0.2, 0.25) is 0 Å². The molecule has 1 aromatic carbocycles. The summed E-state index contributed by atoms with van der Waals surface area (Å²) in [4.78, 5) is 10.3. The second-order valence-electron chi connectivity index (χ2n) is 7.18. The van der Waals surface area contributed by atoms with Crippen LogP contribution < -0.4 is 4.90 Å². The number of anilines is 1. The average Bonchev–Trinajstić information content (AvgIpc) is 3.17. The van der Waals surface area contributed by atoms with Crippen LogP contribution >= 0.6 is 23.2 Å². The molecule has 2 saturated heterocycles. The minimum atomic E-state index is -1.05. The van der Waals surface area contributed by atoms with Crippen molar-refractivity contribution in [2.45, 2.75) is 43.1 Å². The lowest BCUT2D eigenvalue weighted by Crippen LogP contribution is -2.44. The van der Waals surface area contributed by atoms with E-state index in [1.807, 2.05) is 0 Å². The molecular formula is C18H14Cl2F3N5. The van der Waals surface area contributed by atoms with Gasteiger partial charge in [-0.05, 0) is 25.7 Å². The SMILES string of the molecule is Fc1cc(F)c(-c2c(Cl)nc3ncnn3c2N2C3CCC2CC(Cl)C3)c(F)c1. The van der Waals surface area contributed by atoms with Crippen molar-refractivity contribution in [3.05, 3.63) is 41.1 Å². The van der Waals surface area contributed by atoms with Gasteiger partial charge in [0.1, 0.15) is 34.7 Å². The number of nitrogens with zero attached hydrogens (tertiary/aromatic N) is 5. The maximum atomic E-state index is 14.7. The largest absolute Gasteiger partial charge is 0.350 e. The van der Waals surface area contributed by atoms with Crippen molar-refractivity contribution in [3.63, 3.8) is 0 Å². The zero-order valence-corrected chi connectivity index (χ0v) is 15.9. The smallest absolute Gasteiger partial charge is 0.255 e. The Morgan fingerprint density at radius 1 is 1.00 bits per heavy atom. The monoisotopic (exact) mass is 427 g/mol. The molecule has 3 aromatic rings. The molecule has 2 aliphatic rings. The highest BCUT2D eigenvalue weighted by Crippen LogP contribution is 2.46. The van der Waals surface area contributed by atoms with Crippen LogP contribution in [-0.4, -0.2) is 37.0 Å². The molecule has 0 aliphatic carbocycles. The van der Waals surface area contributed by atoms with Crippen LogP contribution in [0.25, 0.3) is 16.9 Å². The normalized spacial score (nSPS) is 24.3. The Kier molecular flexibility index (Phi) is 4.17. The lowest BCUT2D eigenvalue weighted by Gasteiger charge is -2.39. The predicted octanol–water partition coefficient (Wildman–Crippen LogP) is 4.60. The molecule has 5 rings (SSSR count). The average molecular weight is 428 g/mol. The predicted molar refractivity (Wildman–Crippen MR) is 99.3 cm³/mol. The number of hydrogen-bond donors (Lipinski definition) is 0. The van der Waals surface area contributed by atoms with E-state index in [-0.39, 0.29) is 34.0 Å². The first-order chi connectivity index (χ1) is 13.4. The summed E-state index contributed by atoms with van der Waals surface area (Å²) in [5.74, 6) is -2.48. The molecule has 2 aromatic heterocycles. The van der Waals surface area contributed by atoms with Crippen LogP contribution in [0.3, 0.4) is 0 Å². The summed E-state index contributed by atoms with van der Waals surface area (Å²) in [5, 5.41) is 4.13. The van der Waals surface area contributed by atoms with Gasteiger partial charge < -0.3 is 4.90 Å².